The Labute approximate surface area is 108 Å². The van der Waals surface area contributed by atoms with Crippen LogP contribution in [0.2, 0.25) is 0 Å². The van der Waals surface area contributed by atoms with Gasteiger partial charge in [0, 0.05) is 6.92 Å². The Bertz CT molecular complexity index is 385. The van der Waals surface area contributed by atoms with E-state index in [-0.39, 0.29) is 11.4 Å². The van der Waals surface area contributed by atoms with E-state index in [0.717, 1.165) is 18.3 Å². The van der Waals surface area contributed by atoms with Crippen LogP contribution in [0.1, 0.15) is 58.8 Å². The topological polar surface area (TPSA) is 43.4 Å². The van der Waals surface area contributed by atoms with Gasteiger partial charge in [0.2, 0.25) is 0 Å². The maximum absolute atomic E-state index is 11.8. The number of rotatable bonds is 2. The standard InChI is InChI=1S/C15H22O3/c1-10(16)18-13(17)8-15-6-11-3-12(7-15)5-14(2,4-11)9-15/h11-12H,3-9H2,1-2H3. The second-order valence-corrected chi connectivity index (χ2v) is 7.41. The van der Waals surface area contributed by atoms with Gasteiger partial charge >= 0.3 is 11.9 Å². The summed E-state index contributed by atoms with van der Waals surface area (Å²) in [6.07, 6.45) is 7.99. The minimum Gasteiger partial charge on any atom is -0.393 e. The van der Waals surface area contributed by atoms with E-state index >= 15 is 0 Å². The average molecular weight is 250 g/mol. The van der Waals surface area contributed by atoms with E-state index in [2.05, 4.69) is 6.92 Å². The van der Waals surface area contributed by atoms with Gasteiger partial charge in [-0.05, 0) is 61.2 Å². The Kier molecular flexibility index (Phi) is 2.58. The Morgan fingerprint density at radius 3 is 2.28 bits per heavy atom. The zero-order chi connectivity index (χ0) is 13.0. The monoisotopic (exact) mass is 250 g/mol. The lowest BCUT2D eigenvalue weighted by molar-refractivity contribution is -0.165. The minimum atomic E-state index is -0.476. The Hall–Kier alpha value is -0.860. The van der Waals surface area contributed by atoms with Crippen LogP contribution in [0.15, 0.2) is 0 Å². The summed E-state index contributed by atoms with van der Waals surface area (Å²) in [6.45, 7) is 3.69. The van der Waals surface area contributed by atoms with E-state index in [0.29, 0.717) is 11.8 Å². The second-order valence-electron chi connectivity index (χ2n) is 7.41. The smallest absolute Gasteiger partial charge is 0.313 e. The van der Waals surface area contributed by atoms with E-state index in [1.54, 1.807) is 0 Å². The zero-order valence-corrected chi connectivity index (χ0v) is 11.3. The average Bonchev–Trinajstić information content (AvgIpc) is 2.08. The predicted molar refractivity (Wildman–Crippen MR) is 66.6 cm³/mol. The van der Waals surface area contributed by atoms with Crippen molar-refractivity contribution in [3.63, 3.8) is 0 Å². The third-order valence-electron chi connectivity index (χ3n) is 5.25. The Morgan fingerprint density at radius 2 is 1.78 bits per heavy atom. The molecule has 18 heavy (non-hydrogen) atoms. The third-order valence-corrected chi connectivity index (χ3v) is 5.25. The van der Waals surface area contributed by atoms with Crippen molar-refractivity contribution in [1.82, 2.24) is 0 Å². The zero-order valence-electron chi connectivity index (χ0n) is 11.3. The fourth-order valence-corrected chi connectivity index (χ4v) is 5.64. The number of esters is 2. The molecule has 4 saturated carbocycles. The summed E-state index contributed by atoms with van der Waals surface area (Å²) in [5.74, 6) is 0.826. The van der Waals surface area contributed by atoms with Gasteiger partial charge in [0.1, 0.15) is 0 Å². The summed E-state index contributed by atoms with van der Waals surface area (Å²) in [5, 5.41) is 0. The minimum absolute atomic E-state index is 0.144. The van der Waals surface area contributed by atoms with Gasteiger partial charge in [0.25, 0.3) is 0 Å². The van der Waals surface area contributed by atoms with Crippen molar-refractivity contribution in [3.8, 4) is 0 Å². The Morgan fingerprint density at radius 1 is 1.17 bits per heavy atom. The molecule has 0 aromatic carbocycles. The van der Waals surface area contributed by atoms with Crippen LogP contribution in [0, 0.1) is 22.7 Å². The molecule has 0 aromatic heterocycles. The van der Waals surface area contributed by atoms with Crippen molar-refractivity contribution >= 4 is 11.9 Å². The molecule has 2 atom stereocenters. The highest BCUT2D eigenvalue weighted by atomic mass is 16.6. The largest absolute Gasteiger partial charge is 0.393 e. The summed E-state index contributed by atoms with van der Waals surface area (Å²) < 4.78 is 4.74. The fraction of sp³-hybridized carbons (Fsp3) is 0.867. The molecule has 0 amide bonds. The van der Waals surface area contributed by atoms with E-state index in [1.165, 1.54) is 39.0 Å². The van der Waals surface area contributed by atoms with E-state index in [1.807, 2.05) is 0 Å². The first kappa shape index (κ1) is 12.2. The molecule has 4 aliphatic rings. The van der Waals surface area contributed by atoms with Crippen LogP contribution in [0.4, 0.5) is 0 Å². The van der Waals surface area contributed by atoms with Crippen molar-refractivity contribution in [2.75, 3.05) is 0 Å². The highest BCUT2D eigenvalue weighted by molar-refractivity contribution is 5.84. The van der Waals surface area contributed by atoms with E-state index in [9.17, 15) is 9.59 Å². The molecule has 0 heterocycles. The molecule has 0 radical (unpaired) electrons. The lowest BCUT2D eigenvalue weighted by Gasteiger charge is -2.61. The molecule has 3 heteroatoms. The molecule has 0 spiro atoms. The second kappa shape index (κ2) is 3.82. The van der Waals surface area contributed by atoms with Crippen LogP contribution >= 0.6 is 0 Å². The van der Waals surface area contributed by atoms with Gasteiger partial charge in [-0.15, -0.1) is 0 Å². The SMILES string of the molecule is CC(=O)OC(=O)CC12CC3CC(CC(C)(C3)C1)C2. The number of carbonyl (C=O) groups excluding carboxylic acids is 2. The number of carbonyl (C=O) groups is 2. The van der Waals surface area contributed by atoms with Crippen LogP contribution in [0.3, 0.4) is 0 Å². The molecule has 4 aliphatic carbocycles. The summed E-state index contributed by atoms with van der Waals surface area (Å²) in [5.41, 5.74) is 0.589. The van der Waals surface area contributed by atoms with Gasteiger partial charge in [0.15, 0.2) is 0 Å². The van der Waals surface area contributed by atoms with E-state index < -0.39 is 5.97 Å². The summed E-state index contributed by atoms with van der Waals surface area (Å²) in [7, 11) is 0. The normalized spacial score (nSPS) is 45.0. The molecular formula is C15H22O3. The first-order valence-electron chi connectivity index (χ1n) is 7.09. The molecule has 0 aromatic rings. The molecule has 2 unspecified atom stereocenters. The highest BCUT2D eigenvalue weighted by Crippen LogP contribution is 2.66. The van der Waals surface area contributed by atoms with E-state index in [4.69, 9.17) is 4.74 Å². The first-order chi connectivity index (χ1) is 8.38. The summed E-state index contributed by atoms with van der Waals surface area (Å²) >= 11 is 0. The number of hydrogen-bond donors (Lipinski definition) is 0. The highest BCUT2D eigenvalue weighted by Gasteiger charge is 2.56. The third kappa shape index (κ3) is 2.08. The maximum Gasteiger partial charge on any atom is 0.313 e. The van der Waals surface area contributed by atoms with Crippen LogP contribution in [-0.4, -0.2) is 11.9 Å². The molecule has 0 N–H and O–H groups in total. The first-order valence-corrected chi connectivity index (χ1v) is 7.09. The van der Waals surface area contributed by atoms with Crippen molar-refractivity contribution in [1.29, 1.82) is 0 Å². The number of ether oxygens (including phenoxy) is 1. The van der Waals surface area contributed by atoms with Gasteiger partial charge in [-0.1, -0.05) is 6.92 Å². The molecule has 4 fully saturated rings. The quantitative estimate of drug-likeness (QED) is 0.559. The van der Waals surface area contributed by atoms with Crippen molar-refractivity contribution < 1.29 is 14.3 Å². The molecular weight excluding hydrogens is 228 g/mol. The van der Waals surface area contributed by atoms with Crippen molar-refractivity contribution in [2.45, 2.75) is 58.8 Å². The molecule has 100 valence electrons. The van der Waals surface area contributed by atoms with Crippen LogP contribution in [0.5, 0.6) is 0 Å². The van der Waals surface area contributed by atoms with Crippen LogP contribution in [-0.2, 0) is 14.3 Å². The van der Waals surface area contributed by atoms with Gasteiger partial charge in [0.05, 0.1) is 6.42 Å². The van der Waals surface area contributed by atoms with Crippen molar-refractivity contribution in [3.05, 3.63) is 0 Å². The van der Waals surface area contributed by atoms with Gasteiger partial charge in [-0.2, -0.15) is 0 Å². The van der Waals surface area contributed by atoms with Gasteiger partial charge in [-0.25, -0.2) is 0 Å². The van der Waals surface area contributed by atoms with Crippen molar-refractivity contribution in [2.24, 2.45) is 22.7 Å². The number of hydrogen-bond acceptors (Lipinski definition) is 3. The molecule has 3 nitrogen and oxygen atoms in total. The molecule has 4 rings (SSSR count). The molecule has 4 bridgehead atoms. The lowest BCUT2D eigenvalue weighted by Crippen LogP contribution is -2.51. The fourth-order valence-electron chi connectivity index (χ4n) is 5.64. The molecule has 0 saturated heterocycles. The van der Waals surface area contributed by atoms with Gasteiger partial charge in [-0.3, -0.25) is 9.59 Å². The summed E-state index contributed by atoms with van der Waals surface area (Å²) in [6, 6.07) is 0. The Balaban J connectivity index is 1.75. The predicted octanol–water partition coefficient (Wildman–Crippen LogP) is 3.07. The lowest BCUT2D eigenvalue weighted by atomic mass is 9.44. The van der Waals surface area contributed by atoms with Crippen LogP contribution < -0.4 is 0 Å². The van der Waals surface area contributed by atoms with Crippen LogP contribution in [0.25, 0.3) is 0 Å². The maximum atomic E-state index is 11.8. The van der Waals surface area contributed by atoms with Gasteiger partial charge < -0.3 is 4.74 Å². The molecule has 0 aliphatic heterocycles. The summed E-state index contributed by atoms with van der Waals surface area (Å²) in [4.78, 5) is 22.7.